The fourth-order valence-corrected chi connectivity index (χ4v) is 2.30. The van der Waals surface area contributed by atoms with E-state index in [0.717, 1.165) is 31.6 Å². The van der Waals surface area contributed by atoms with Crippen LogP contribution in [0.2, 0.25) is 0 Å². The molecule has 2 N–H and O–H groups in total. The van der Waals surface area contributed by atoms with Crippen molar-refractivity contribution < 1.29 is 14.3 Å². The van der Waals surface area contributed by atoms with Crippen LogP contribution in [-0.2, 0) is 4.79 Å². The molecule has 1 aliphatic heterocycles. The lowest BCUT2D eigenvalue weighted by atomic mass is 10.1. The summed E-state index contributed by atoms with van der Waals surface area (Å²) < 4.78 is 4.99. The van der Waals surface area contributed by atoms with Crippen LogP contribution in [0.15, 0.2) is 18.2 Å². The van der Waals surface area contributed by atoms with E-state index in [0.29, 0.717) is 0 Å². The Balaban J connectivity index is 2.29. The Labute approximate surface area is 112 Å². The van der Waals surface area contributed by atoms with E-state index in [-0.39, 0.29) is 11.3 Å². The van der Waals surface area contributed by atoms with E-state index in [9.17, 15) is 9.59 Å². The van der Waals surface area contributed by atoms with E-state index in [2.05, 4.69) is 4.90 Å². The third-order valence-electron chi connectivity index (χ3n) is 3.20. The van der Waals surface area contributed by atoms with Gasteiger partial charge in [0, 0.05) is 25.7 Å². The number of rotatable bonds is 3. The first kappa shape index (κ1) is 13.4. The molecule has 0 aliphatic carbocycles. The largest absolute Gasteiger partial charge is 0.426 e. The summed E-state index contributed by atoms with van der Waals surface area (Å²) in [6.45, 7) is 3.25. The number of nitrogens with zero attached hydrogens (tertiary/aromatic N) is 1. The van der Waals surface area contributed by atoms with Gasteiger partial charge < -0.3 is 15.4 Å². The summed E-state index contributed by atoms with van der Waals surface area (Å²) >= 11 is 0. The number of esters is 1. The minimum Gasteiger partial charge on any atom is -0.426 e. The second-order valence-corrected chi connectivity index (χ2v) is 4.69. The average molecular weight is 262 g/mol. The van der Waals surface area contributed by atoms with Crippen LogP contribution in [0.5, 0.6) is 5.75 Å². The maximum absolute atomic E-state index is 11.5. The van der Waals surface area contributed by atoms with Crippen LogP contribution < -0.4 is 15.4 Å². The van der Waals surface area contributed by atoms with E-state index in [1.165, 1.54) is 13.3 Å². The molecule has 0 unspecified atom stereocenters. The van der Waals surface area contributed by atoms with Gasteiger partial charge in [-0.05, 0) is 37.5 Å². The maximum atomic E-state index is 11.5. The number of amides is 1. The van der Waals surface area contributed by atoms with Crippen molar-refractivity contribution in [1.82, 2.24) is 0 Å². The quantitative estimate of drug-likeness (QED) is 0.664. The van der Waals surface area contributed by atoms with Gasteiger partial charge in [0.25, 0.3) is 5.91 Å². The van der Waals surface area contributed by atoms with Crippen molar-refractivity contribution in [3.05, 3.63) is 23.8 Å². The molecule has 1 saturated heterocycles. The first-order chi connectivity index (χ1) is 9.08. The zero-order chi connectivity index (χ0) is 13.8. The van der Waals surface area contributed by atoms with E-state index in [1.54, 1.807) is 12.1 Å². The molecule has 5 nitrogen and oxygen atoms in total. The third-order valence-corrected chi connectivity index (χ3v) is 3.20. The third kappa shape index (κ3) is 3.24. The summed E-state index contributed by atoms with van der Waals surface area (Å²) in [4.78, 5) is 24.7. The fourth-order valence-electron chi connectivity index (χ4n) is 2.30. The highest BCUT2D eigenvalue weighted by Gasteiger charge is 2.16. The van der Waals surface area contributed by atoms with Crippen molar-refractivity contribution in [2.75, 3.05) is 18.0 Å². The normalized spacial score (nSPS) is 15.1. The molecule has 1 amide bonds. The molecule has 0 bridgehead atoms. The zero-order valence-electron chi connectivity index (χ0n) is 11.0. The Morgan fingerprint density at radius 3 is 2.47 bits per heavy atom. The van der Waals surface area contributed by atoms with Crippen LogP contribution in [0.1, 0.15) is 36.5 Å². The predicted molar refractivity (Wildman–Crippen MR) is 72.3 cm³/mol. The smallest absolute Gasteiger partial charge is 0.308 e. The van der Waals surface area contributed by atoms with Gasteiger partial charge in [-0.3, -0.25) is 9.59 Å². The van der Waals surface area contributed by atoms with Gasteiger partial charge in [-0.1, -0.05) is 0 Å². The molecule has 0 atom stereocenters. The number of hydrogen-bond donors (Lipinski definition) is 1. The monoisotopic (exact) mass is 262 g/mol. The van der Waals surface area contributed by atoms with Crippen molar-refractivity contribution in [2.24, 2.45) is 5.73 Å². The van der Waals surface area contributed by atoms with Gasteiger partial charge in [0.1, 0.15) is 5.75 Å². The molecule has 1 aliphatic rings. The van der Waals surface area contributed by atoms with Crippen molar-refractivity contribution >= 4 is 17.6 Å². The Kier molecular flexibility index (Phi) is 4.04. The van der Waals surface area contributed by atoms with Crippen LogP contribution in [0.4, 0.5) is 5.69 Å². The number of hydrogen-bond acceptors (Lipinski definition) is 4. The Morgan fingerprint density at radius 1 is 1.21 bits per heavy atom. The Hall–Kier alpha value is -2.04. The number of benzene rings is 1. The molecule has 1 fully saturated rings. The van der Waals surface area contributed by atoms with Gasteiger partial charge >= 0.3 is 5.97 Å². The highest BCUT2D eigenvalue weighted by molar-refractivity contribution is 5.97. The van der Waals surface area contributed by atoms with E-state index in [1.807, 2.05) is 6.07 Å². The average Bonchev–Trinajstić information content (AvgIpc) is 2.39. The SMILES string of the molecule is CC(=O)Oc1ccc(N2CCCCC2)cc1C(N)=O. The van der Waals surface area contributed by atoms with Gasteiger partial charge in [0.15, 0.2) is 0 Å². The molecule has 0 aromatic heterocycles. The van der Waals surface area contributed by atoms with Crippen LogP contribution in [0, 0.1) is 0 Å². The maximum Gasteiger partial charge on any atom is 0.308 e. The van der Waals surface area contributed by atoms with Gasteiger partial charge in [-0.2, -0.15) is 0 Å². The molecule has 1 heterocycles. The van der Waals surface area contributed by atoms with Gasteiger partial charge in [0.2, 0.25) is 0 Å². The van der Waals surface area contributed by atoms with Crippen LogP contribution in [0.3, 0.4) is 0 Å². The molecule has 1 aromatic rings. The highest BCUT2D eigenvalue weighted by atomic mass is 16.5. The van der Waals surface area contributed by atoms with Crippen LogP contribution in [-0.4, -0.2) is 25.0 Å². The first-order valence-corrected chi connectivity index (χ1v) is 6.45. The lowest BCUT2D eigenvalue weighted by Gasteiger charge is -2.29. The fraction of sp³-hybridized carbons (Fsp3) is 0.429. The predicted octanol–water partition coefficient (Wildman–Crippen LogP) is 1.70. The molecule has 102 valence electrons. The minimum absolute atomic E-state index is 0.223. The lowest BCUT2D eigenvalue weighted by Crippen LogP contribution is -2.29. The van der Waals surface area contributed by atoms with Gasteiger partial charge in [0.05, 0.1) is 5.56 Å². The Bertz CT molecular complexity index is 493. The standard InChI is InChI=1S/C14H18N2O3/c1-10(17)19-13-6-5-11(9-12(13)14(15)18)16-7-3-2-4-8-16/h5-6,9H,2-4,7-8H2,1H3,(H2,15,18). The molecule has 0 saturated carbocycles. The number of ether oxygens (including phenoxy) is 1. The topological polar surface area (TPSA) is 72.6 Å². The zero-order valence-corrected chi connectivity index (χ0v) is 11.0. The molecule has 19 heavy (non-hydrogen) atoms. The van der Waals surface area contributed by atoms with Crippen molar-refractivity contribution in [3.63, 3.8) is 0 Å². The number of carbonyl (C=O) groups excluding carboxylic acids is 2. The summed E-state index contributed by atoms with van der Waals surface area (Å²) in [5, 5.41) is 0. The van der Waals surface area contributed by atoms with Crippen LogP contribution >= 0.6 is 0 Å². The summed E-state index contributed by atoms with van der Waals surface area (Å²) in [6.07, 6.45) is 3.54. The van der Waals surface area contributed by atoms with E-state index in [4.69, 9.17) is 10.5 Å². The first-order valence-electron chi connectivity index (χ1n) is 6.45. The highest BCUT2D eigenvalue weighted by Crippen LogP contribution is 2.27. The minimum atomic E-state index is -0.588. The van der Waals surface area contributed by atoms with Gasteiger partial charge in [-0.15, -0.1) is 0 Å². The second-order valence-electron chi connectivity index (χ2n) is 4.69. The lowest BCUT2D eigenvalue weighted by molar-refractivity contribution is -0.131. The molecule has 0 spiro atoms. The van der Waals surface area contributed by atoms with Crippen molar-refractivity contribution in [3.8, 4) is 5.75 Å². The van der Waals surface area contributed by atoms with E-state index < -0.39 is 11.9 Å². The number of primary amides is 1. The van der Waals surface area contributed by atoms with Crippen LogP contribution in [0.25, 0.3) is 0 Å². The molecule has 0 radical (unpaired) electrons. The van der Waals surface area contributed by atoms with Crippen molar-refractivity contribution in [1.29, 1.82) is 0 Å². The Morgan fingerprint density at radius 2 is 1.89 bits per heavy atom. The number of anilines is 1. The van der Waals surface area contributed by atoms with Crippen molar-refractivity contribution in [2.45, 2.75) is 26.2 Å². The molecule has 2 rings (SSSR count). The summed E-state index contributed by atoms with van der Waals surface area (Å²) in [5.74, 6) is -0.830. The number of carbonyl (C=O) groups is 2. The molecular weight excluding hydrogens is 244 g/mol. The molecular formula is C14H18N2O3. The second kappa shape index (κ2) is 5.73. The molecule has 5 heteroatoms. The number of nitrogens with two attached hydrogens (primary N) is 1. The summed E-state index contributed by atoms with van der Waals surface area (Å²) in [5.41, 5.74) is 6.54. The molecule has 1 aromatic carbocycles. The summed E-state index contributed by atoms with van der Waals surface area (Å²) in [7, 11) is 0. The van der Waals surface area contributed by atoms with E-state index >= 15 is 0 Å². The summed E-state index contributed by atoms with van der Waals surface area (Å²) in [6, 6.07) is 5.19. The number of piperidine rings is 1. The van der Waals surface area contributed by atoms with Gasteiger partial charge in [-0.25, -0.2) is 0 Å².